The van der Waals surface area contributed by atoms with Crippen molar-refractivity contribution >= 4 is 28.2 Å². The Morgan fingerprint density at radius 2 is 1.34 bits per heavy atom. The lowest BCUT2D eigenvalue weighted by Crippen LogP contribution is -2.51. The van der Waals surface area contributed by atoms with Crippen molar-refractivity contribution in [2.24, 2.45) is 0 Å². The van der Waals surface area contributed by atoms with Crippen LogP contribution in [-0.4, -0.2) is 46.2 Å². The molecule has 38 heavy (non-hydrogen) atoms. The summed E-state index contributed by atoms with van der Waals surface area (Å²) >= 11 is 0. The first-order chi connectivity index (χ1) is 17.8. The zero-order valence-corrected chi connectivity index (χ0v) is 27.1. The Labute approximate surface area is 233 Å². The van der Waals surface area contributed by atoms with E-state index < -0.39 is 21.6 Å². The minimum Gasteiger partial charge on any atom is -0.415 e. The van der Waals surface area contributed by atoms with Crippen LogP contribution in [0, 0.1) is 10.1 Å². The highest BCUT2D eigenvalue weighted by molar-refractivity contribution is 6.70. The van der Waals surface area contributed by atoms with Gasteiger partial charge in [0.05, 0.1) is 23.7 Å². The number of nitro groups is 1. The lowest BCUT2D eigenvalue weighted by molar-refractivity contribution is -0.384. The number of unbranched alkanes of at least 4 members (excludes halogenated alkanes) is 10. The molecule has 7 nitrogen and oxygen atoms in total. The topological polar surface area (TPSA) is 90.7 Å². The van der Waals surface area contributed by atoms with Crippen molar-refractivity contribution in [3.63, 3.8) is 0 Å². The second kappa shape index (κ2) is 17.9. The van der Waals surface area contributed by atoms with Crippen LogP contribution in [0.25, 0.3) is 0 Å². The van der Waals surface area contributed by atoms with Crippen LogP contribution in [0.4, 0.5) is 5.69 Å². The largest absolute Gasteiger partial charge is 0.415 e. The second-order valence-electron chi connectivity index (χ2n) is 12.4. The van der Waals surface area contributed by atoms with E-state index in [1.807, 2.05) is 0 Å². The molecule has 0 aliphatic rings. The molecule has 1 amide bonds. The highest BCUT2D eigenvalue weighted by atomic mass is 28.4. The average Bonchev–Trinajstić information content (AvgIpc) is 2.83. The molecule has 0 fully saturated rings. The van der Waals surface area contributed by atoms with Crippen LogP contribution < -0.4 is 5.32 Å². The van der Waals surface area contributed by atoms with Gasteiger partial charge >= 0.3 is 0 Å². The summed E-state index contributed by atoms with van der Waals surface area (Å²) in [5.41, 5.74) is 0.367. The molecule has 1 aromatic carbocycles. The van der Waals surface area contributed by atoms with Crippen LogP contribution >= 0.6 is 0 Å². The molecule has 0 aromatic heterocycles. The molecular formula is C29H54N2O5Si2. The molecule has 1 rings (SSSR count). The molecule has 1 aromatic rings. The number of non-ortho nitro benzene ring substituents is 1. The van der Waals surface area contributed by atoms with Crippen molar-refractivity contribution in [2.45, 2.75) is 135 Å². The summed E-state index contributed by atoms with van der Waals surface area (Å²) in [5, 5.41) is 14.1. The number of carbonyl (C=O) groups is 1. The summed E-state index contributed by atoms with van der Waals surface area (Å²) in [6, 6.07) is 5.46. The summed E-state index contributed by atoms with van der Waals surface area (Å²) in [4.78, 5) is 23.6. The summed E-state index contributed by atoms with van der Waals surface area (Å²) in [7, 11) is -3.69. The van der Waals surface area contributed by atoms with Crippen LogP contribution in [0.2, 0.25) is 39.3 Å². The molecule has 0 aliphatic carbocycles. The molecule has 0 radical (unpaired) electrons. The predicted octanol–water partition coefficient (Wildman–Crippen LogP) is 8.47. The fraction of sp³-hybridized carbons (Fsp3) is 0.759. The highest BCUT2D eigenvalue weighted by Crippen LogP contribution is 2.20. The summed E-state index contributed by atoms with van der Waals surface area (Å²) < 4.78 is 12.9. The molecule has 0 spiro atoms. The molecular weight excluding hydrogens is 513 g/mol. The maximum Gasteiger partial charge on any atom is 0.269 e. The summed E-state index contributed by atoms with van der Waals surface area (Å²) in [6.45, 7) is 15.6. The van der Waals surface area contributed by atoms with E-state index in [9.17, 15) is 14.9 Å². The lowest BCUT2D eigenvalue weighted by Gasteiger charge is -2.34. The van der Waals surface area contributed by atoms with Gasteiger partial charge in [-0.05, 0) is 57.8 Å². The predicted molar refractivity (Wildman–Crippen MR) is 163 cm³/mol. The molecule has 1 N–H and O–H groups in total. The first kappa shape index (κ1) is 34.5. The standard InChI is InChI=1S/C29H54N2O5Si2/c1-8-9-10-11-12-13-14-15-16-17-18-19-28(36-38(5,6)7)27(24-35-37(2,3)4)30-29(32)25-20-22-26(23-21-25)31(33)34/h20-23,27-28H,8-19,24H2,1-7H3,(H,30,32). The zero-order chi connectivity index (χ0) is 28.6. The Bertz CT molecular complexity index is 807. The minimum absolute atomic E-state index is 0.0309. The summed E-state index contributed by atoms with van der Waals surface area (Å²) in [5.74, 6) is -0.257. The third-order valence-corrected chi connectivity index (χ3v) is 8.44. The van der Waals surface area contributed by atoms with Gasteiger partial charge in [-0.15, -0.1) is 0 Å². The van der Waals surface area contributed by atoms with Gasteiger partial charge in [-0.3, -0.25) is 14.9 Å². The molecule has 0 saturated heterocycles. The molecule has 0 saturated carbocycles. The molecule has 2 atom stereocenters. The third kappa shape index (κ3) is 16.4. The fourth-order valence-electron chi connectivity index (χ4n) is 4.37. The maximum atomic E-state index is 13.1. The number of hydrogen-bond acceptors (Lipinski definition) is 5. The van der Waals surface area contributed by atoms with Crippen molar-refractivity contribution in [3.05, 3.63) is 39.9 Å². The van der Waals surface area contributed by atoms with E-state index in [4.69, 9.17) is 8.85 Å². The smallest absolute Gasteiger partial charge is 0.269 e. The van der Waals surface area contributed by atoms with Crippen LogP contribution in [0.1, 0.15) is 94.3 Å². The van der Waals surface area contributed by atoms with Crippen molar-refractivity contribution in [1.82, 2.24) is 5.32 Å². The van der Waals surface area contributed by atoms with Gasteiger partial charge in [0.2, 0.25) is 0 Å². The molecule has 0 heterocycles. The van der Waals surface area contributed by atoms with E-state index in [2.05, 4.69) is 51.5 Å². The van der Waals surface area contributed by atoms with Gasteiger partial charge in [-0.2, -0.15) is 0 Å². The van der Waals surface area contributed by atoms with Crippen molar-refractivity contribution < 1.29 is 18.6 Å². The Morgan fingerprint density at radius 3 is 1.79 bits per heavy atom. The van der Waals surface area contributed by atoms with Crippen LogP contribution in [0.15, 0.2) is 24.3 Å². The molecule has 2 unspecified atom stereocenters. The van der Waals surface area contributed by atoms with E-state index >= 15 is 0 Å². The van der Waals surface area contributed by atoms with Gasteiger partial charge in [0.1, 0.15) is 0 Å². The van der Waals surface area contributed by atoms with Gasteiger partial charge in [-0.1, -0.05) is 77.6 Å². The monoisotopic (exact) mass is 566 g/mol. The Balaban J connectivity index is 2.75. The molecule has 9 heteroatoms. The SMILES string of the molecule is CCCCCCCCCCCCCC(O[Si](C)(C)C)C(CO[Si](C)(C)C)NC(=O)c1ccc([N+](=O)[O-])cc1. The molecule has 0 aliphatic heterocycles. The highest BCUT2D eigenvalue weighted by Gasteiger charge is 2.31. The van der Waals surface area contributed by atoms with Gasteiger partial charge < -0.3 is 14.2 Å². The Hall–Kier alpha value is -1.56. The second-order valence-corrected chi connectivity index (χ2v) is 21.4. The number of nitrogens with zero attached hydrogens (tertiary/aromatic N) is 1. The van der Waals surface area contributed by atoms with Crippen molar-refractivity contribution in [2.75, 3.05) is 6.61 Å². The van der Waals surface area contributed by atoms with Crippen LogP contribution in [-0.2, 0) is 8.85 Å². The number of rotatable bonds is 21. The third-order valence-electron chi connectivity index (χ3n) is 6.40. The number of nitrogens with one attached hydrogen (secondary N) is 1. The number of carbonyl (C=O) groups excluding carboxylic acids is 1. The maximum absolute atomic E-state index is 13.1. The Kier molecular flexibility index (Phi) is 16.3. The number of benzene rings is 1. The van der Waals surface area contributed by atoms with Gasteiger partial charge in [0.15, 0.2) is 16.6 Å². The zero-order valence-electron chi connectivity index (χ0n) is 25.1. The van der Waals surface area contributed by atoms with E-state index in [1.165, 1.54) is 88.5 Å². The fourth-order valence-corrected chi connectivity index (χ4v) is 6.24. The van der Waals surface area contributed by atoms with Crippen molar-refractivity contribution in [3.8, 4) is 0 Å². The van der Waals surface area contributed by atoms with E-state index in [1.54, 1.807) is 0 Å². The molecule has 0 bridgehead atoms. The first-order valence-corrected chi connectivity index (χ1v) is 21.5. The average molecular weight is 567 g/mol. The normalized spacial score (nSPS) is 13.8. The number of amides is 1. The van der Waals surface area contributed by atoms with Crippen LogP contribution in [0.3, 0.4) is 0 Å². The van der Waals surface area contributed by atoms with E-state index in [0.29, 0.717) is 12.2 Å². The lowest BCUT2D eigenvalue weighted by atomic mass is 10.0. The van der Waals surface area contributed by atoms with Gasteiger partial charge in [0, 0.05) is 17.7 Å². The van der Waals surface area contributed by atoms with E-state index in [0.717, 1.165) is 12.8 Å². The minimum atomic E-state index is -1.88. The quantitative estimate of drug-likeness (QED) is 0.0697. The molecule has 218 valence electrons. The first-order valence-electron chi connectivity index (χ1n) is 14.7. The van der Waals surface area contributed by atoms with Gasteiger partial charge in [0.25, 0.3) is 11.6 Å². The van der Waals surface area contributed by atoms with E-state index in [-0.39, 0.29) is 23.7 Å². The van der Waals surface area contributed by atoms with Gasteiger partial charge in [-0.25, -0.2) is 0 Å². The number of hydrogen-bond donors (Lipinski definition) is 1. The van der Waals surface area contributed by atoms with Crippen LogP contribution in [0.5, 0.6) is 0 Å². The summed E-state index contributed by atoms with van der Waals surface area (Å²) in [6.07, 6.45) is 14.9. The number of nitro benzene ring substituents is 1. The van der Waals surface area contributed by atoms with Crippen molar-refractivity contribution in [1.29, 1.82) is 0 Å². The Morgan fingerprint density at radius 1 is 0.842 bits per heavy atom.